The Morgan fingerprint density at radius 3 is 2.00 bits per heavy atom. The minimum absolute atomic E-state index is 0.00602. The predicted octanol–water partition coefficient (Wildman–Crippen LogP) is 4.57. The molecule has 0 amide bonds. The molecule has 19 heavy (non-hydrogen) atoms. The van der Waals surface area contributed by atoms with Crippen LogP contribution in [0.4, 0.5) is 0 Å². The highest BCUT2D eigenvalue weighted by Gasteiger charge is 2.12. The first-order valence-corrected chi connectivity index (χ1v) is 6.58. The van der Waals surface area contributed by atoms with Crippen molar-refractivity contribution in [2.75, 3.05) is 0 Å². The summed E-state index contributed by atoms with van der Waals surface area (Å²) in [6.07, 6.45) is 2.68. The van der Waals surface area contributed by atoms with E-state index < -0.39 is 0 Å². The number of fused-ring (bicyclic) bond motifs is 2. The van der Waals surface area contributed by atoms with Crippen molar-refractivity contribution in [3.63, 3.8) is 0 Å². The molecule has 94 valence electrons. The van der Waals surface area contributed by atoms with E-state index in [1.54, 1.807) is 0 Å². The van der Waals surface area contributed by atoms with Crippen LogP contribution in [0, 0.1) is 0 Å². The molecule has 0 heterocycles. The summed E-state index contributed by atoms with van der Waals surface area (Å²) in [7, 11) is 0. The van der Waals surface area contributed by atoms with Crippen molar-refractivity contribution in [2.24, 2.45) is 5.73 Å². The second kappa shape index (κ2) is 4.87. The molecule has 0 aliphatic heterocycles. The molecule has 1 atom stereocenters. The molecule has 0 unspecified atom stereocenters. The van der Waals surface area contributed by atoms with Gasteiger partial charge in [-0.25, -0.2) is 0 Å². The van der Waals surface area contributed by atoms with Crippen LogP contribution in [0.15, 0.2) is 67.3 Å². The van der Waals surface area contributed by atoms with Crippen molar-refractivity contribution < 1.29 is 0 Å². The molecule has 0 saturated heterocycles. The zero-order valence-electron chi connectivity index (χ0n) is 10.8. The van der Waals surface area contributed by atoms with Gasteiger partial charge in [0.1, 0.15) is 0 Å². The Hall–Kier alpha value is -2.12. The fourth-order valence-electron chi connectivity index (χ4n) is 2.75. The topological polar surface area (TPSA) is 26.0 Å². The van der Waals surface area contributed by atoms with Gasteiger partial charge in [0.05, 0.1) is 0 Å². The highest BCUT2D eigenvalue weighted by atomic mass is 14.6. The van der Waals surface area contributed by atoms with Crippen molar-refractivity contribution in [3.8, 4) is 0 Å². The van der Waals surface area contributed by atoms with Crippen molar-refractivity contribution in [1.82, 2.24) is 0 Å². The van der Waals surface area contributed by atoms with Crippen LogP contribution in [0.2, 0.25) is 0 Å². The molecule has 3 aromatic carbocycles. The first kappa shape index (κ1) is 11.9. The fourth-order valence-corrected chi connectivity index (χ4v) is 2.75. The first-order valence-electron chi connectivity index (χ1n) is 6.58. The van der Waals surface area contributed by atoms with E-state index in [9.17, 15) is 0 Å². The monoisotopic (exact) mass is 247 g/mol. The molecule has 0 spiro atoms. The van der Waals surface area contributed by atoms with E-state index in [1.165, 1.54) is 27.1 Å². The molecular weight excluding hydrogens is 230 g/mol. The summed E-state index contributed by atoms with van der Waals surface area (Å²) in [5.74, 6) is 0. The Balaban J connectivity index is 2.42. The normalized spacial score (nSPS) is 12.7. The van der Waals surface area contributed by atoms with E-state index in [-0.39, 0.29) is 6.04 Å². The Bertz CT molecular complexity index is 689. The molecule has 0 aromatic heterocycles. The first-order chi connectivity index (χ1) is 9.31. The molecule has 1 nitrogen and oxygen atoms in total. The van der Waals surface area contributed by atoms with Crippen LogP contribution in [-0.4, -0.2) is 0 Å². The van der Waals surface area contributed by atoms with Crippen molar-refractivity contribution in [2.45, 2.75) is 12.5 Å². The van der Waals surface area contributed by atoms with E-state index in [4.69, 9.17) is 5.73 Å². The van der Waals surface area contributed by atoms with Crippen LogP contribution in [0.25, 0.3) is 21.5 Å². The van der Waals surface area contributed by atoms with Gasteiger partial charge in [-0.05, 0) is 39.6 Å². The summed E-state index contributed by atoms with van der Waals surface area (Å²) < 4.78 is 0. The van der Waals surface area contributed by atoms with Crippen molar-refractivity contribution in [3.05, 3.63) is 72.8 Å². The highest BCUT2D eigenvalue weighted by molar-refractivity contribution is 6.02. The predicted molar refractivity (Wildman–Crippen MR) is 83.2 cm³/mol. The summed E-state index contributed by atoms with van der Waals surface area (Å²) in [6.45, 7) is 3.81. The SMILES string of the molecule is C=CC[C@@H](N)c1c2ccccc2cc2ccccc12. The lowest BCUT2D eigenvalue weighted by molar-refractivity contribution is 0.755. The van der Waals surface area contributed by atoms with Gasteiger partial charge >= 0.3 is 0 Å². The van der Waals surface area contributed by atoms with Crippen LogP contribution in [0.5, 0.6) is 0 Å². The molecule has 0 bridgehead atoms. The van der Waals surface area contributed by atoms with Crippen LogP contribution in [-0.2, 0) is 0 Å². The minimum Gasteiger partial charge on any atom is -0.324 e. The maximum atomic E-state index is 6.37. The van der Waals surface area contributed by atoms with E-state index >= 15 is 0 Å². The van der Waals surface area contributed by atoms with Gasteiger partial charge in [0.25, 0.3) is 0 Å². The molecule has 3 aromatic rings. The maximum absolute atomic E-state index is 6.37. The number of hydrogen-bond acceptors (Lipinski definition) is 1. The molecule has 0 aliphatic rings. The molecule has 1 heteroatoms. The number of hydrogen-bond donors (Lipinski definition) is 1. The maximum Gasteiger partial charge on any atom is 0.0342 e. The average molecular weight is 247 g/mol. The Kier molecular flexibility index (Phi) is 3.06. The van der Waals surface area contributed by atoms with Crippen molar-refractivity contribution >= 4 is 21.5 Å². The van der Waals surface area contributed by atoms with Gasteiger partial charge in [0, 0.05) is 6.04 Å². The van der Waals surface area contributed by atoms with Gasteiger partial charge in [0.15, 0.2) is 0 Å². The lowest BCUT2D eigenvalue weighted by Crippen LogP contribution is -2.10. The van der Waals surface area contributed by atoms with Crippen LogP contribution < -0.4 is 5.73 Å². The Morgan fingerprint density at radius 2 is 1.47 bits per heavy atom. The molecule has 0 aliphatic carbocycles. The number of nitrogens with two attached hydrogens (primary N) is 1. The highest BCUT2D eigenvalue weighted by Crippen LogP contribution is 2.33. The summed E-state index contributed by atoms with van der Waals surface area (Å²) >= 11 is 0. The average Bonchev–Trinajstić information content (AvgIpc) is 2.44. The van der Waals surface area contributed by atoms with E-state index in [0.29, 0.717) is 0 Å². The summed E-state index contributed by atoms with van der Waals surface area (Å²) in [5.41, 5.74) is 7.60. The third-order valence-electron chi connectivity index (χ3n) is 3.60. The minimum atomic E-state index is -0.00602. The Labute approximate surface area is 113 Å². The van der Waals surface area contributed by atoms with Crippen LogP contribution in [0.3, 0.4) is 0 Å². The smallest absolute Gasteiger partial charge is 0.0342 e. The fraction of sp³-hybridized carbons (Fsp3) is 0.111. The van der Waals surface area contributed by atoms with E-state index in [0.717, 1.165) is 6.42 Å². The molecule has 0 saturated carbocycles. The molecule has 3 rings (SSSR count). The largest absolute Gasteiger partial charge is 0.324 e. The van der Waals surface area contributed by atoms with Gasteiger partial charge in [0.2, 0.25) is 0 Å². The van der Waals surface area contributed by atoms with Gasteiger partial charge in [-0.1, -0.05) is 54.6 Å². The third-order valence-corrected chi connectivity index (χ3v) is 3.60. The standard InChI is InChI=1S/C18H17N/c1-2-7-17(19)18-15-10-5-3-8-13(15)12-14-9-4-6-11-16(14)18/h2-6,8-12,17H,1,7,19H2/t17-/m1/s1. The summed E-state index contributed by atoms with van der Waals surface area (Å²) in [5, 5.41) is 4.98. The van der Waals surface area contributed by atoms with Crippen LogP contribution >= 0.6 is 0 Å². The molecule has 2 N–H and O–H groups in total. The van der Waals surface area contributed by atoms with E-state index in [2.05, 4.69) is 61.2 Å². The Morgan fingerprint density at radius 1 is 0.947 bits per heavy atom. The van der Waals surface area contributed by atoms with Crippen molar-refractivity contribution in [1.29, 1.82) is 0 Å². The van der Waals surface area contributed by atoms with Crippen LogP contribution in [0.1, 0.15) is 18.0 Å². The van der Waals surface area contributed by atoms with Gasteiger partial charge in [-0.2, -0.15) is 0 Å². The summed E-state index contributed by atoms with van der Waals surface area (Å²) in [6, 6.07) is 19.1. The number of benzene rings is 3. The zero-order valence-corrected chi connectivity index (χ0v) is 10.8. The van der Waals surface area contributed by atoms with Gasteiger partial charge in [-0.3, -0.25) is 0 Å². The quantitative estimate of drug-likeness (QED) is 0.532. The second-order valence-corrected chi connectivity index (χ2v) is 4.86. The van der Waals surface area contributed by atoms with Gasteiger partial charge in [-0.15, -0.1) is 6.58 Å². The van der Waals surface area contributed by atoms with E-state index in [1.807, 2.05) is 6.08 Å². The van der Waals surface area contributed by atoms with Gasteiger partial charge < -0.3 is 5.73 Å². The number of rotatable bonds is 3. The molecular formula is C18H17N. The molecule has 0 fully saturated rings. The third kappa shape index (κ3) is 2.02. The summed E-state index contributed by atoms with van der Waals surface area (Å²) in [4.78, 5) is 0. The lowest BCUT2D eigenvalue weighted by atomic mass is 9.91. The lowest BCUT2D eigenvalue weighted by Gasteiger charge is -2.16. The molecule has 0 radical (unpaired) electrons. The second-order valence-electron chi connectivity index (χ2n) is 4.86. The zero-order chi connectivity index (χ0) is 13.2.